The first kappa shape index (κ1) is 14.9. The third-order valence-corrected chi connectivity index (χ3v) is 3.13. The van der Waals surface area contributed by atoms with E-state index >= 15 is 0 Å². The predicted molar refractivity (Wildman–Crippen MR) is 79.5 cm³/mol. The number of aromatic carboxylic acids is 1. The van der Waals surface area contributed by atoms with Gasteiger partial charge in [-0.3, -0.25) is 4.79 Å². The average molecular weight is 306 g/mol. The molecule has 0 aliphatic carbocycles. The third kappa shape index (κ3) is 3.97. The van der Waals surface area contributed by atoms with Crippen LogP contribution in [0, 0.1) is 0 Å². The first-order chi connectivity index (χ1) is 9.95. The van der Waals surface area contributed by atoms with Gasteiger partial charge in [-0.1, -0.05) is 23.7 Å². The maximum Gasteiger partial charge on any atom is 0.335 e. The standard InChI is InChI=1S/C15H12ClNO4/c16-12-6-3-10(15(20)21)8-13(12)17-11-4-1-9(2-5-11)7-14(18)19/h1-6,8,17H,7H2,(H,18,19)(H,20,21). The van der Waals surface area contributed by atoms with Gasteiger partial charge in [-0.15, -0.1) is 0 Å². The van der Waals surface area contributed by atoms with Crippen LogP contribution in [-0.4, -0.2) is 22.2 Å². The van der Waals surface area contributed by atoms with E-state index in [2.05, 4.69) is 5.32 Å². The van der Waals surface area contributed by atoms with Crippen LogP contribution in [0.25, 0.3) is 0 Å². The van der Waals surface area contributed by atoms with Crippen molar-refractivity contribution in [2.24, 2.45) is 0 Å². The maximum absolute atomic E-state index is 10.9. The van der Waals surface area contributed by atoms with Gasteiger partial charge in [0.15, 0.2) is 0 Å². The minimum Gasteiger partial charge on any atom is -0.481 e. The summed E-state index contributed by atoms with van der Waals surface area (Å²) in [5.41, 5.74) is 1.97. The average Bonchev–Trinajstić information content (AvgIpc) is 2.42. The Labute approximate surface area is 125 Å². The lowest BCUT2D eigenvalue weighted by molar-refractivity contribution is -0.136. The number of carboxylic acid groups (broad SMARTS) is 2. The fourth-order valence-corrected chi connectivity index (χ4v) is 1.95. The molecule has 0 amide bonds. The van der Waals surface area contributed by atoms with Crippen LogP contribution in [0.4, 0.5) is 11.4 Å². The van der Waals surface area contributed by atoms with Crippen molar-refractivity contribution in [2.45, 2.75) is 6.42 Å². The van der Waals surface area contributed by atoms with Gasteiger partial charge < -0.3 is 15.5 Å². The number of anilines is 2. The lowest BCUT2D eigenvalue weighted by atomic mass is 10.1. The van der Waals surface area contributed by atoms with E-state index in [4.69, 9.17) is 21.8 Å². The van der Waals surface area contributed by atoms with Gasteiger partial charge in [0.25, 0.3) is 0 Å². The van der Waals surface area contributed by atoms with Crippen molar-refractivity contribution in [3.63, 3.8) is 0 Å². The Balaban J connectivity index is 2.19. The van der Waals surface area contributed by atoms with Crippen LogP contribution in [0.1, 0.15) is 15.9 Å². The van der Waals surface area contributed by atoms with Crippen LogP contribution < -0.4 is 5.32 Å². The lowest BCUT2D eigenvalue weighted by Gasteiger charge is -2.10. The monoisotopic (exact) mass is 305 g/mol. The van der Waals surface area contributed by atoms with E-state index < -0.39 is 11.9 Å². The van der Waals surface area contributed by atoms with Crippen LogP contribution in [0.15, 0.2) is 42.5 Å². The fraction of sp³-hybridized carbons (Fsp3) is 0.0667. The quantitative estimate of drug-likeness (QED) is 0.788. The van der Waals surface area contributed by atoms with Crippen molar-refractivity contribution >= 4 is 34.9 Å². The second-order valence-electron chi connectivity index (χ2n) is 4.39. The molecule has 5 nitrogen and oxygen atoms in total. The van der Waals surface area contributed by atoms with E-state index in [1.54, 1.807) is 24.3 Å². The summed E-state index contributed by atoms with van der Waals surface area (Å²) in [5.74, 6) is -1.93. The van der Waals surface area contributed by atoms with E-state index in [9.17, 15) is 9.59 Å². The third-order valence-electron chi connectivity index (χ3n) is 2.80. The second kappa shape index (κ2) is 6.28. The van der Waals surface area contributed by atoms with Gasteiger partial charge >= 0.3 is 11.9 Å². The summed E-state index contributed by atoms with van der Waals surface area (Å²) in [5, 5.41) is 21.1. The van der Waals surface area contributed by atoms with Crippen molar-refractivity contribution in [3.8, 4) is 0 Å². The Bertz CT molecular complexity index is 683. The number of benzene rings is 2. The molecule has 0 spiro atoms. The zero-order valence-electron chi connectivity index (χ0n) is 10.8. The highest BCUT2D eigenvalue weighted by Crippen LogP contribution is 2.26. The van der Waals surface area contributed by atoms with Crippen molar-refractivity contribution < 1.29 is 19.8 Å². The summed E-state index contributed by atoms with van der Waals surface area (Å²) in [6.07, 6.45) is -0.0461. The largest absolute Gasteiger partial charge is 0.481 e. The van der Waals surface area contributed by atoms with Gasteiger partial charge in [0, 0.05) is 5.69 Å². The van der Waals surface area contributed by atoms with Crippen LogP contribution in [0.3, 0.4) is 0 Å². The molecule has 0 fully saturated rings. The molecule has 0 atom stereocenters. The van der Waals surface area contributed by atoms with E-state index in [1.165, 1.54) is 18.2 Å². The molecule has 2 aromatic rings. The molecule has 0 heterocycles. The summed E-state index contributed by atoms with van der Waals surface area (Å²) in [6.45, 7) is 0. The molecule has 6 heteroatoms. The van der Waals surface area contributed by atoms with Crippen LogP contribution in [0.5, 0.6) is 0 Å². The number of halogens is 1. The molecular weight excluding hydrogens is 294 g/mol. The second-order valence-corrected chi connectivity index (χ2v) is 4.80. The van der Waals surface area contributed by atoms with Gasteiger partial charge in [0.2, 0.25) is 0 Å². The summed E-state index contributed by atoms with van der Waals surface area (Å²) >= 11 is 6.02. The summed E-state index contributed by atoms with van der Waals surface area (Å²) in [6, 6.07) is 11.2. The maximum atomic E-state index is 10.9. The summed E-state index contributed by atoms with van der Waals surface area (Å²) in [7, 11) is 0. The first-order valence-corrected chi connectivity index (χ1v) is 6.44. The smallest absolute Gasteiger partial charge is 0.335 e. The normalized spacial score (nSPS) is 10.1. The molecule has 0 aromatic heterocycles. The molecule has 2 aromatic carbocycles. The van der Waals surface area contributed by atoms with Crippen molar-refractivity contribution in [1.82, 2.24) is 0 Å². The number of hydrogen-bond acceptors (Lipinski definition) is 3. The minimum atomic E-state index is -1.04. The Morgan fingerprint density at radius 1 is 1.05 bits per heavy atom. The number of aliphatic carboxylic acids is 1. The van der Waals surface area contributed by atoms with Gasteiger partial charge in [0.1, 0.15) is 0 Å². The van der Waals surface area contributed by atoms with E-state index in [-0.39, 0.29) is 12.0 Å². The molecule has 0 unspecified atom stereocenters. The molecule has 0 aliphatic rings. The highest BCUT2D eigenvalue weighted by molar-refractivity contribution is 6.33. The molecule has 0 saturated heterocycles. The van der Waals surface area contributed by atoms with Crippen molar-refractivity contribution in [2.75, 3.05) is 5.32 Å². The number of carboxylic acids is 2. The topological polar surface area (TPSA) is 86.6 Å². The minimum absolute atomic E-state index is 0.0461. The Morgan fingerprint density at radius 2 is 1.71 bits per heavy atom. The molecule has 108 valence electrons. The fourth-order valence-electron chi connectivity index (χ4n) is 1.79. The van der Waals surface area contributed by atoms with E-state index in [0.717, 1.165) is 0 Å². The number of carbonyl (C=O) groups is 2. The molecule has 0 radical (unpaired) electrons. The van der Waals surface area contributed by atoms with Gasteiger partial charge in [-0.05, 0) is 35.9 Å². The zero-order chi connectivity index (χ0) is 15.4. The first-order valence-electron chi connectivity index (χ1n) is 6.06. The van der Waals surface area contributed by atoms with Gasteiger partial charge in [-0.2, -0.15) is 0 Å². The SMILES string of the molecule is O=C(O)Cc1ccc(Nc2cc(C(=O)O)ccc2Cl)cc1. The zero-order valence-corrected chi connectivity index (χ0v) is 11.6. The van der Waals surface area contributed by atoms with Crippen molar-refractivity contribution in [1.29, 1.82) is 0 Å². The lowest BCUT2D eigenvalue weighted by Crippen LogP contribution is -2.00. The van der Waals surface area contributed by atoms with Crippen LogP contribution in [0.2, 0.25) is 5.02 Å². The van der Waals surface area contributed by atoms with Gasteiger partial charge in [-0.25, -0.2) is 4.79 Å². The summed E-state index contributed by atoms with van der Waals surface area (Å²) in [4.78, 5) is 21.5. The molecule has 2 rings (SSSR count). The Hall–Kier alpha value is -2.53. The van der Waals surface area contributed by atoms with E-state index in [0.29, 0.717) is 22.0 Å². The predicted octanol–water partition coefficient (Wildman–Crippen LogP) is 3.41. The molecule has 3 N–H and O–H groups in total. The number of hydrogen-bond donors (Lipinski definition) is 3. The molecule has 0 aliphatic heterocycles. The Kier molecular flexibility index (Phi) is 4.45. The molecule has 21 heavy (non-hydrogen) atoms. The Morgan fingerprint density at radius 3 is 2.29 bits per heavy atom. The van der Waals surface area contributed by atoms with E-state index in [1.807, 2.05) is 0 Å². The molecule has 0 saturated carbocycles. The van der Waals surface area contributed by atoms with Crippen LogP contribution in [-0.2, 0) is 11.2 Å². The highest BCUT2D eigenvalue weighted by Gasteiger charge is 2.08. The number of nitrogens with one attached hydrogen (secondary N) is 1. The highest BCUT2D eigenvalue weighted by atomic mass is 35.5. The summed E-state index contributed by atoms with van der Waals surface area (Å²) < 4.78 is 0. The molecular formula is C15H12ClNO4. The van der Waals surface area contributed by atoms with Crippen LogP contribution >= 0.6 is 11.6 Å². The van der Waals surface area contributed by atoms with Gasteiger partial charge in [0.05, 0.1) is 22.7 Å². The number of rotatable bonds is 5. The van der Waals surface area contributed by atoms with Crippen molar-refractivity contribution in [3.05, 3.63) is 58.6 Å². The molecule has 0 bridgehead atoms.